The molecule has 3 rings (SSSR count). The molecule has 0 N–H and O–H groups in total. The summed E-state index contributed by atoms with van der Waals surface area (Å²) in [6.07, 6.45) is 1.57. The van der Waals surface area contributed by atoms with E-state index < -0.39 is 11.6 Å². The van der Waals surface area contributed by atoms with E-state index in [2.05, 4.69) is 0 Å². The highest BCUT2D eigenvalue weighted by Gasteiger charge is 2.43. The number of Topliss-reactive ketones (excluding diaryl/α,β-unsaturated/α-hetero) is 1. The standard InChI is InChI=1S/C12H10F2O/c13-7-3-10-9-2-6(9)1-8(15)5-11(10)12(14)4-7/h3-4,6,9H,1-2,5H2. The van der Waals surface area contributed by atoms with E-state index in [1.807, 2.05) is 0 Å². The fourth-order valence-electron chi connectivity index (χ4n) is 2.56. The van der Waals surface area contributed by atoms with Gasteiger partial charge in [0.2, 0.25) is 0 Å². The maximum atomic E-state index is 13.5. The minimum Gasteiger partial charge on any atom is -0.299 e. The molecule has 0 spiro atoms. The van der Waals surface area contributed by atoms with Gasteiger partial charge in [0.25, 0.3) is 0 Å². The van der Waals surface area contributed by atoms with Crippen molar-refractivity contribution in [2.45, 2.75) is 25.2 Å². The van der Waals surface area contributed by atoms with Crippen molar-refractivity contribution in [3.63, 3.8) is 0 Å². The molecule has 2 aliphatic carbocycles. The Morgan fingerprint density at radius 1 is 1.27 bits per heavy atom. The largest absolute Gasteiger partial charge is 0.299 e. The lowest BCUT2D eigenvalue weighted by Gasteiger charge is -2.07. The van der Waals surface area contributed by atoms with Gasteiger partial charge in [-0.3, -0.25) is 4.79 Å². The third-order valence-corrected chi connectivity index (χ3v) is 3.38. The van der Waals surface area contributed by atoms with Gasteiger partial charge in [0.15, 0.2) is 0 Å². The number of fused-ring (bicyclic) bond motifs is 3. The second-order valence-electron chi connectivity index (χ2n) is 4.48. The average molecular weight is 208 g/mol. The van der Waals surface area contributed by atoms with Gasteiger partial charge < -0.3 is 0 Å². The zero-order valence-corrected chi connectivity index (χ0v) is 8.09. The summed E-state index contributed by atoms with van der Waals surface area (Å²) < 4.78 is 26.5. The monoisotopic (exact) mass is 208 g/mol. The van der Waals surface area contributed by atoms with Gasteiger partial charge in [-0.1, -0.05) is 0 Å². The Bertz CT molecular complexity index is 453. The van der Waals surface area contributed by atoms with Gasteiger partial charge in [-0.05, 0) is 35.4 Å². The number of hydrogen-bond donors (Lipinski definition) is 0. The van der Waals surface area contributed by atoms with Crippen LogP contribution in [0.4, 0.5) is 8.78 Å². The minimum atomic E-state index is -0.564. The van der Waals surface area contributed by atoms with Crippen LogP contribution in [-0.4, -0.2) is 5.78 Å². The second kappa shape index (κ2) is 2.87. The number of halogens is 2. The SMILES string of the molecule is O=C1Cc2c(F)cc(F)cc2C2CC2C1. The van der Waals surface area contributed by atoms with E-state index >= 15 is 0 Å². The Kier molecular flexibility index (Phi) is 1.73. The molecule has 0 saturated heterocycles. The van der Waals surface area contributed by atoms with Crippen LogP contribution in [0, 0.1) is 17.6 Å². The molecule has 0 aromatic heterocycles. The first-order valence-corrected chi connectivity index (χ1v) is 5.14. The normalized spacial score (nSPS) is 28.0. The molecule has 0 heterocycles. The summed E-state index contributed by atoms with van der Waals surface area (Å²) in [5, 5.41) is 0. The van der Waals surface area contributed by atoms with Gasteiger partial charge in [0.05, 0.1) is 0 Å². The van der Waals surface area contributed by atoms with E-state index in [4.69, 9.17) is 0 Å². The summed E-state index contributed by atoms with van der Waals surface area (Å²) in [6, 6.07) is 2.26. The van der Waals surface area contributed by atoms with Crippen molar-refractivity contribution in [3.05, 3.63) is 34.9 Å². The fraction of sp³-hybridized carbons (Fsp3) is 0.417. The van der Waals surface area contributed by atoms with Crippen molar-refractivity contribution >= 4 is 5.78 Å². The zero-order chi connectivity index (χ0) is 10.6. The van der Waals surface area contributed by atoms with Crippen LogP contribution in [0.3, 0.4) is 0 Å². The predicted molar refractivity (Wildman–Crippen MR) is 50.5 cm³/mol. The molecule has 2 atom stereocenters. The Balaban J connectivity index is 2.17. The maximum absolute atomic E-state index is 13.5. The maximum Gasteiger partial charge on any atom is 0.137 e. The molecule has 1 nitrogen and oxygen atoms in total. The van der Waals surface area contributed by atoms with Crippen LogP contribution in [0.2, 0.25) is 0 Å². The molecule has 15 heavy (non-hydrogen) atoms. The molecule has 2 aliphatic rings. The van der Waals surface area contributed by atoms with E-state index in [1.165, 1.54) is 6.07 Å². The van der Waals surface area contributed by atoms with Crippen LogP contribution in [0.1, 0.15) is 29.9 Å². The van der Waals surface area contributed by atoms with Crippen LogP contribution >= 0.6 is 0 Å². The van der Waals surface area contributed by atoms with Gasteiger partial charge in [-0.2, -0.15) is 0 Å². The van der Waals surface area contributed by atoms with Crippen molar-refractivity contribution < 1.29 is 13.6 Å². The third kappa shape index (κ3) is 1.37. The Labute approximate surface area is 86.1 Å². The van der Waals surface area contributed by atoms with Crippen molar-refractivity contribution in [2.24, 2.45) is 5.92 Å². The van der Waals surface area contributed by atoms with E-state index in [0.29, 0.717) is 17.9 Å². The molecular formula is C12H10F2O. The third-order valence-electron chi connectivity index (χ3n) is 3.38. The molecule has 0 amide bonds. The molecule has 0 bridgehead atoms. The lowest BCUT2D eigenvalue weighted by molar-refractivity contribution is -0.118. The van der Waals surface area contributed by atoms with Crippen molar-refractivity contribution in [2.75, 3.05) is 0 Å². The summed E-state index contributed by atoms with van der Waals surface area (Å²) in [5.41, 5.74) is 1.15. The van der Waals surface area contributed by atoms with Crippen LogP contribution < -0.4 is 0 Å². The van der Waals surface area contributed by atoms with Crippen molar-refractivity contribution in [3.8, 4) is 0 Å². The molecule has 1 saturated carbocycles. The highest BCUT2D eigenvalue weighted by molar-refractivity contribution is 5.83. The number of benzene rings is 1. The quantitative estimate of drug-likeness (QED) is 0.640. The average Bonchev–Trinajstić information content (AvgIpc) is 2.87. The Hall–Kier alpha value is -1.25. The summed E-state index contributed by atoms with van der Waals surface area (Å²) in [5.74, 6) is -0.472. The molecule has 0 aliphatic heterocycles. The van der Waals surface area contributed by atoms with Crippen LogP contribution in [-0.2, 0) is 11.2 Å². The molecule has 2 unspecified atom stereocenters. The smallest absolute Gasteiger partial charge is 0.137 e. The Morgan fingerprint density at radius 3 is 2.87 bits per heavy atom. The molecule has 1 fully saturated rings. The Morgan fingerprint density at radius 2 is 2.07 bits per heavy atom. The highest BCUT2D eigenvalue weighted by atomic mass is 19.1. The first-order valence-electron chi connectivity index (χ1n) is 5.14. The van der Waals surface area contributed by atoms with E-state index in [-0.39, 0.29) is 18.1 Å². The number of hydrogen-bond acceptors (Lipinski definition) is 1. The molecule has 1 aromatic carbocycles. The number of ketones is 1. The topological polar surface area (TPSA) is 17.1 Å². The van der Waals surface area contributed by atoms with Crippen LogP contribution in [0.5, 0.6) is 0 Å². The van der Waals surface area contributed by atoms with Gasteiger partial charge in [0.1, 0.15) is 17.4 Å². The van der Waals surface area contributed by atoms with E-state index in [0.717, 1.165) is 18.1 Å². The molecule has 78 valence electrons. The minimum absolute atomic E-state index is 0.0757. The van der Waals surface area contributed by atoms with Crippen molar-refractivity contribution in [1.29, 1.82) is 0 Å². The van der Waals surface area contributed by atoms with Crippen molar-refractivity contribution in [1.82, 2.24) is 0 Å². The summed E-state index contributed by atoms with van der Waals surface area (Å²) in [6.45, 7) is 0. The molecule has 0 radical (unpaired) electrons. The summed E-state index contributed by atoms with van der Waals surface area (Å²) in [7, 11) is 0. The fourth-order valence-corrected chi connectivity index (χ4v) is 2.56. The number of rotatable bonds is 0. The molecule has 3 heteroatoms. The molecular weight excluding hydrogens is 198 g/mol. The van der Waals surface area contributed by atoms with Crippen LogP contribution in [0.15, 0.2) is 12.1 Å². The number of carbonyl (C=O) groups excluding carboxylic acids is 1. The highest BCUT2D eigenvalue weighted by Crippen LogP contribution is 2.52. The second-order valence-corrected chi connectivity index (χ2v) is 4.48. The van der Waals surface area contributed by atoms with Gasteiger partial charge in [-0.25, -0.2) is 8.78 Å². The summed E-state index contributed by atoms with van der Waals surface area (Å²) in [4.78, 5) is 11.5. The van der Waals surface area contributed by atoms with Crippen LogP contribution in [0.25, 0.3) is 0 Å². The lowest BCUT2D eigenvalue weighted by Crippen LogP contribution is -2.05. The molecule has 1 aromatic rings. The van der Waals surface area contributed by atoms with Gasteiger partial charge in [0, 0.05) is 18.9 Å². The van der Waals surface area contributed by atoms with E-state index in [1.54, 1.807) is 0 Å². The van der Waals surface area contributed by atoms with Gasteiger partial charge in [-0.15, -0.1) is 0 Å². The number of carbonyl (C=O) groups is 1. The first-order chi connectivity index (χ1) is 7.15. The van der Waals surface area contributed by atoms with Gasteiger partial charge >= 0.3 is 0 Å². The van der Waals surface area contributed by atoms with E-state index in [9.17, 15) is 13.6 Å². The predicted octanol–water partition coefficient (Wildman–Crippen LogP) is 2.58. The zero-order valence-electron chi connectivity index (χ0n) is 8.09. The summed E-state index contributed by atoms with van der Waals surface area (Å²) >= 11 is 0. The first kappa shape index (κ1) is 9.01. The lowest BCUT2D eigenvalue weighted by atomic mass is 10.00.